The number of oxime groups is 1. The number of anilines is 1. The van der Waals surface area contributed by atoms with Gasteiger partial charge in [-0.05, 0) is 36.2 Å². The molecule has 160 valence electrons. The van der Waals surface area contributed by atoms with Crippen LogP contribution in [0.15, 0.2) is 58.1 Å². The fraction of sp³-hybridized carbons (Fsp3) is 0.348. The molecule has 0 saturated carbocycles. The summed E-state index contributed by atoms with van der Waals surface area (Å²) in [4.78, 5) is 26.9. The zero-order chi connectivity index (χ0) is 21.2. The van der Waals surface area contributed by atoms with Gasteiger partial charge in [0.2, 0.25) is 6.10 Å². The highest BCUT2D eigenvalue weighted by molar-refractivity contribution is 5.94. The predicted molar refractivity (Wildman–Crippen MR) is 114 cm³/mol. The summed E-state index contributed by atoms with van der Waals surface area (Å²) in [5, 5.41) is 4.08. The summed E-state index contributed by atoms with van der Waals surface area (Å²) in [6.07, 6.45) is 1.11. The number of benzene rings is 2. The molecule has 0 radical (unpaired) electrons. The number of nitrogens with zero attached hydrogens (tertiary/aromatic N) is 4. The van der Waals surface area contributed by atoms with Crippen LogP contribution >= 0.6 is 0 Å². The molecular formula is C23H23FN4O3. The predicted octanol–water partition coefficient (Wildman–Crippen LogP) is 3.39. The van der Waals surface area contributed by atoms with Crippen LogP contribution in [0.2, 0.25) is 0 Å². The lowest BCUT2D eigenvalue weighted by atomic mass is 10.0. The smallest absolute Gasteiger partial charge is 0.298 e. The second-order valence-electron chi connectivity index (χ2n) is 7.89. The first-order chi connectivity index (χ1) is 15.2. The lowest BCUT2D eigenvalue weighted by Gasteiger charge is -2.23. The van der Waals surface area contributed by atoms with E-state index >= 15 is 0 Å². The number of para-hydroxylation sites is 2. The third-order valence-electron chi connectivity index (χ3n) is 5.66. The van der Waals surface area contributed by atoms with Crippen molar-refractivity contribution in [1.29, 1.82) is 0 Å². The van der Waals surface area contributed by atoms with Crippen LogP contribution in [-0.4, -0.2) is 53.8 Å². The Balaban J connectivity index is 1.18. The lowest BCUT2D eigenvalue weighted by Crippen LogP contribution is -2.41. The molecule has 3 aromatic rings. The molecule has 1 aromatic heterocycles. The Bertz CT molecular complexity index is 1100. The van der Waals surface area contributed by atoms with Crippen LogP contribution in [0.3, 0.4) is 0 Å². The average molecular weight is 422 g/mol. The standard InChI is InChI=1S/C23H23FN4O3/c24-17-6-3-5-16(13-17)14-18-15-21(31-26-18)22(29)27-9-4-10-28(12-11-27)23-25-19-7-1-2-8-20(19)30-23/h1-3,5-8,13,21H,4,9-12,14-15H2/t21-/m1/s1. The van der Waals surface area contributed by atoms with E-state index < -0.39 is 6.10 Å². The van der Waals surface area contributed by atoms with Crippen molar-refractivity contribution in [2.45, 2.75) is 25.4 Å². The van der Waals surface area contributed by atoms with Crippen molar-refractivity contribution in [2.75, 3.05) is 31.1 Å². The third kappa shape index (κ3) is 4.23. The van der Waals surface area contributed by atoms with E-state index in [2.05, 4.69) is 15.0 Å². The van der Waals surface area contributed by atoms with E-state index in [0.717, 1.165) is 35.3 Å². The number of oxazole rings is 1. The number of halogens is 1. The van der Waals surface area contributed by atoms with Crippen LogP contribution in [0.4, 0.5) is 10.4 Å². The topological polar surface area (TPSA) is 71.2 Å². The van der Waals surface area contributed by atoms with E-state index in [9.17, 15) is 9.18 Å². The third-order valence-corrected chi connectivity index (χ3v) is 5.66. The summed E-state index contributed by atoms with van der Waals surface area (Å²) in [5.74, 6) is -0.338. The van der Waals surface area contributed by atoms with Crippen molar-refractivity contribution in [3.63, 3.8) is 0 Å². The summed E-state index contributed by atoms with van der Waals surface area (Å²) in [6, 6.07) is 14.7. The fourth-order valence-electron chi connectivity index (χ4n) is 4.07. The van der Waals surface area contributed by atoms with Crippen LogP contribution in [0.1, 0.15) is 18.4 Å². The molecule has 0 N–H and O–H groups in total. The van der Waals surface area contributed by atoms with Crippen molar-refractivity contribution < 1.29 is 18.4 Å². The second kappa shape index (κ2) is 8.37. The Morgan fingerprint density at radius 2 is 2.00 bits per heavy atom. The zero-order valence-electron chi connectivity index (χ0n) is 17.0. The molecule has 2 aliphatic heterocycles. The molecule has 0 unspecified atom stereocenters. The van der Waals surface area contributed by atoms with E-state index in [4.69, 9.17) is 9.25 Å². The van der Waals surface area contributed by atoms with Gasteiger partial charge in [0.15, 0.2) is 5.58 Å². The number of carbonyl (C=O) groups excluding carboxylic acids is 1. The van der Waals surface area contributed by atoms with Gasteiger partial charge in [0, 0.05) is 39.0 Å². The Labute approximate surface area is 179 Å². The number of fused-ring (bicyclic) bond motifs is 1. The van der Waals surface area contributed by atoms with Crippen molar-refractivity contribution in [3.8, 4) is 0 Å². The van der Waals surface area contributed by atoms with Gasteiger partial charge in [-0.1, -0.05) is 29.4 Å². The van der Waals surface area contributed by atoms with E-state index in [1.54, 1.807) is 6.07 Å². The summed E-state index contributed by atoms with van der Waals surface area (Å²) < 4.78 is 19.3. The maximum atomic E-state index is 13.4. The number of aromatic nitrogens is 1. The minimum absolute atomic E-state index is 0.0580. The normalized spacial score (nSPS) is 19.3. The maximum Gasteiger partial charge on any atom is 0.298 e. The highest BCUT2D eigenvalue weighted by Crippen LogP contribution is 2.23. The van der Waals surface area contributed by atoms with Crippen LogP contribution < -0.4 is 4.90 Å². The van der Waals surface area contributed by atoms with Gasteiger partial charge in [0.1, 0.15) is 11.3 Å². The van der Waals surface area contributed by atoms with E-state index in [-0.39, 0.29) is 11.7 Å². The summed E-state index contributed by atoms with van der Waals surface area (Å²) >= 11 is 0. The van der Waals surface area contributed by atoms with Gasteiger partial charge < -0.3 is 19.1 Å². The minimum Gasteiger partial charge on any atom is -0.423 e. The molecule has 0 spiro atoms. The number of carbonyl (C=O) groups is 1. The van der Waals surface area contributed by atoms with Crippen LogP contribution in [0.5, 0.6) is 0 Å². The highest BCUT2D eigenvalue weighted by Gasteiger charge is 2.33. The molecule has 1 amide bonds. The first-order valence-corrected chi connectivity index (χ1v) is 10.5. The number of rotatable bonds is 4. The second-order valence-corrected chi connectivity index (χ2v) is 7.89. The summed E-state index contributed by atoms with van der Waals surface area (Å²) in [5.41, 5.74) is 3.17. The zero-order valence-corrected chi connectivity index (χ0v) is 17.0. The van der Waals surface area contributed by atoms with Gasteiger partial charge in [-0.2, -0.15) is 4.98 Å². The Hall–Kier alpha value is -3.42. The fourth-order valence-corrected chi connectivity index (χ4v) is 4.07. The van der Waals surface area contributed by atoms with Crippen LogP contribution in [0, 0.1) is 5.82 Å². The van der Waals surface area contributed by atoms with Crippen molar-refractivity contribution in [1.82, 2.24) is 9.88 Å². The van der Waals surface area contributed by atoms with Gasteiger partial charge >= 0.3 is 0 Å². The van der Waals surface area contributed by atoms with E-state index in [0.29, 0.717) is 38.5 Å². The molecule has 7 nitrogen and oxygen atoms in total. The first-order valence-electron chi connectivity index (χ1n) is 10.5. The van der Waals surface area contributed by atoms with E-state index in [1.165, 1.54) is 12.1 Å². The quantitative estimate of drug-likeness (QED) is 0.645. The molecule has 3 heterocycles. The molecule has 1 atom stereocenters. The molecule has 2 aliphatic rings. The SMILES string of the molecule is O=C([C@H]1CC(Cc2cccc(F)c2)=NO1)N1CCCN(c2nc3ccccc3o2)CC1. The molecule has 31 heavy (non-hydrogen) atoms. The number of hydrogen-bond acceptors (Lipinski definition) is 6. The Morgan fingerprint density at radius 3 is 2.87 bits per heavy atom. The Morgan fingerprint density at radius 1 is 1.10 bits per heavy atom. The monoisotopic (exact) mass is 422 g/mol. The maximum absolute atomic E-state index is 13.4. The first kappa shape index (κ1) is 19.5. The van der Waals surface area contributed by atoms with Gasteiger partial charge in [-0.3, -0.25) is 4.79 Å². The number of amides is 1. The van der Waals surface area contributed by atoms with Crippen LogP contribution in [0.25, 0.3) is 11.1 Å². The molecule has 0 aliphatic carbocycles. The van der Waals surface area contributed by atoms with Crippen molar-refractivity contribution >= 4 is 28.7 Å². The number of hydrogen-bond donors (Lipinski definition) is 0. The minimum atomic E-state index is -0.612. The van der Waals surface area contributed by atoms with Crippen molar-refractivity contribution in [2.24, 2.45) is 5.16 Å². The van der Waals surface area contributed by atoms with Gasteiger partial charge in [-0.15, -0.1) is 0 Å². The molecule has 1 saturated heterocycles. The average Bonchev–Trinajstić information content (AvgIpc) is 3.34. The highest BCUT2D eigenvalue weighted by atomic mass is 19.1. The Kier molecular flexibility index (Phi) is 5.28. The van der Waals surface area contributed by atoms with Gasteiger partial charge in [0.25, 0.3) is 11.9 Å². The molecule has 0 bridgehead atoms. The molecular weight excluding hydrogens is 399 g/mol. The molecule has 5 rings (SSSR count). The van der Waals surface area contributed by atoms with Crippen LogP contribution in [-0.2, 0) is 16.1 Å². The largest absolute Gasteiger partial charge is 0.423 e. The van der Waals surface area contributed by atoms with Gasteiger partial charge in [-0.25, -0.2) is 4.39 Å². The van der Waals surface area contributed by atoms with Gasteiger partial charge in [0.05, 0.1) is 5.71 Å². The lowest BCUT2D eigenvalue weighted by molar-refractivity contribution is -0.141. The summed E-state index contributed by atoms with van der Waals surface area (Å²) in [6.45, 7) is 2.62. The molecule has 1 fully saturated rings. The van der Waals surface area contributed by atoms with E-state index in [1.807, 2.05) is 35.2 Å². The van der Waals surface area contributed by atoms with Crippen molar-refractivity contribution in [3.05, 3.63) is 59.9 Å². The summed E-state index contributed by atoms with van der Waals surface area (Å²) in [7, 11) is 0. The molecule has 2 aromatic carbocycles. The molecule has 8 heteroatoms.